The number of carbonyl (C=O) groups excluding carboxylic acids is 1. The fourth-order valence-electron chi connectivity index (χ4n) is 2.61. The zero-order chi connectivity index (χ0) is 17.8. The molecular formula is C20H22N2O2S. The Hall–Kier alpha value is -2.27. The van der Waals surface area contributed by atoms with Crippen LogP contribution in [0.2, 0.25) is 0 Å². The predicted octanol–water partition coefficient (Wildman–Crippen LogP) is 4.67. The summed E-state index contributed by atoms with van der Waals surface area (Å²) in [6.45, 7) is 6.18. The smallest absolute Gasteiger partial charge is 0.169 e. The Morgan fingerprint density at radius 1 is 1.20 bits per heavy atom. The molecule has 0 bridgehead atoms. The minimum Gasteiger partial charge on any atom is -0.493 e. The van der Waals surface area contributed by atoms with Gasteiger partial charge in [0.05, 0.1) is 23.7 Å². The van der Waals surface area contributed by atoms with Crippen LogP contribution in [0.5, 0.6) is 5.75 Å². The highest BCUT2D eigenvalue weighted by Crippen LogP contribution is 2.28. The third kappa shape index (κ3) is 4.04. The van der Waals surface area contributed by atoms with Crippen LogP contribution in [-0.4, -0.2) is 27.7 Å². The number of aromatic nitrogens is 2. The highest BCUT2D eigenvalue weighted by molar-refractivity contribution is 7.99. The zero-order valence-corrected chi connectivity index (χ0v) is 15.5. The molecule has 4 nitrogen and oxygen atoms in total. The van der Waals surface area contributed by atoms with Gasteiger partial charge in [-0.05, 0) is 45.0 Å². The normalized spacial score (nSPS) is 12.3. The lowest BCUT2D eigenvalue weighted by molar-refractivity contribution is -0.119. The average molecular weight is 354 g/mol. The van der Waals surface area contributed by atoms with Gasteiger partial charge in [0, 0.05) is 5.75 Å². The Kier molecular flexibility index (Phi) is 5.43. The van der Waals surface area contributed by atoms with Gasteiger partial charge in [0.15, 0.2) is 10.9 Å². The predicted molar refractivity (Wildman–Crippen MR) is 103 cm³/mol. The molecule has 2 aromatic carbocycles. The van der Waals surface area contributed by atoms with Crippen LogP contribution in [-0.2, 0) is 4.79 Å². The largest absolute Gasteiger partial charge is 0.493 e. The molecule has 130 valence electrons. The fourth-order valence-corrected chi connectivity index (χ4v) is 3.51. The van der Waals surface area contributed by atoms with Gasteiger partial charge in [-0.2, -0.15) is 0 Å². The standard InChI is InChI=1S/C20H22N2O2S/c1-14-8-10-17(11-9-14)24-12-13-25-20-21-18-6-4-5-7-19(18)22(20)15(2)16(3)23/h4-11,15H,12-13H2,1-3H3/t15-/m1/s1. The number of hydrogen-bond acceptors (Lipinski definition) is 4. The van der Waals surface area contributed by atoms with Crippen molar-refractivity contribution in [3.05, 3.63) is 54.1 Å². The summed E-state index contributed by atoms with van der Waals surface area (Å²) in [7, 11) is 0. The molecule has 0 amide bonds. The first-order valence-corrected chi connectivity index (χ1v) is 9.34. The summed E-state index contributed by atoms with van der Waals surface area (Å²) in [4.78, 5) is 16.6. The molecule has 0 saturated carbocycles. The van der Waals surface area contributed by atoms with Gasteiger partial charge in [0.1, 0.15) is 5.75 Å². The number of rotatable bonds is 7. The van der Waals surface area contributed by atoms with Crippen LogP contribution >= 0.6 is 11.8 Å². The number of thioether (sulfide) groups is 1. The maximum atomic E-state index is 11.9. The van der Waals surface area contributed by atoms with Crippen molar-refractivity contribution in [2.24, 2.45) is 0 Å². The van der Waals surface area contributed by atoms with Gasteiger partial charge < -0.3 is 9.30 Å². The molecule has 1 atom stereocenters. The van der Waals surface area contributed by atoms with Gasteiger partial charge in [-0.1, -0.05) is 41.6 Å². The Balaban J connectivity index is 1.71. The molecule has 0 fully saturated rings. The molecule has 0 aliphatic carbocycles. The first kappa shape index (κ1) is 17.5. The fraction of sp³-hybridized carbons (Fsp3) is 0.300. The molecule has 1 heterocycles. The number of nitrogens with zero attached hydrogens (tertiary/aromatic N) is 2. The Morgan fingerprint density at radius 2 is 1.92 bits per heavy atom. The topological polar surface area (TPSA) is 44.1 Å². The summed E-state index contributed by atoms with van der Waals surface area (Å²) < 4.78 is 7.80. The molecule has 1 aromatic heterocycles. The van der Waals surface area contributed by atoms with Crippen LogP contribution in [0, 0.1) is 6.92 Å². The third-order valence-corrected chi connectivity index (χ3v) is 5.06. The van der Waals surface area contributed by atoms with Crippen molar-refractivity contribution < 1.29 is 9.53 Å². The molecule has 0 spiro atoms. The molecule has 3 rings (SSSR count). The number of imidazole rings is 1. The molecule has 0 N–H and O–H groups in total. The maximum absolute atomic E-state index is 11.9. The number of ketones is 1. The average Bonchev–Trinajstić information content (AvgIpc) is 2.97. The van der Waals surface area contributed by atoms with E-state index in [4.69, 9.17) is 9.72 Å². The number of Topliss-reactive ketones (excluding diaryl/α,β-unsaturated/α-hetero) is 1. The SMILES string of the molecule is CC(=O)[C@@H](C)n1c(SCCOc2ccc(C)cc2)nc2ccccc21. The second-order valence-electron chi connectivity index (χ2n) is 6.05. The number of benzene rings is 2. The summed E-state index contributed by atoms with van der Waals surface area (Å²) in [5, 5.41) is 0.858. The van der Waals surface area contributed by atoms with E-state index in [1.165, 1.54) is 5.56 Å². The van der Waals surface area contributed by atoms with Crippen LogP contribution in [0.4, 0.5) is 0 Å². The molecule has 0 unspecified atom stereocenters. The molecule has 3 aromatic rings. The van der Waals surface area contributed by atoms with Crippen LogP contribution in [0.3, 0.4) is 0 Å². The van der Waals surface area contributed by atoms with E-state index in [-0.39, 0.29) is 11.8 Å². The van der Waals surface area contributed by atoms with Gasteiger partial charge >= 0.3 is 0 Å². The van der Waals surface area contributed by atoms with Crippen molar-refractivity contribution in [2.45, 2.75) is 32.0 Å². The van der Waals surface area contributed by atoms with Crippen LogP contribution in [0.25, 0.3) is 11.0 Å². The first-order valence-electron chi connectivity index (χ1n) is 8.36. The van der Waals surface area contributed by atoms with Gasteiger partial charge in [0.2, 0.25) is 0 Å². The molecule has 0 aliphatic heterocycles. The summed E-state index contributed by atoms with van der Waals surface area (Å²) in [6.07, 6.45) is 0. The Morgan fingerprint density at radius 3 is 2.64 bits per heavy atom. The summed E-state index contributed by atoms with van der Waals surface area (Å²) >= 11 is 1.62. The van der Waals surface area contributed by atoms with Crippen LogP contribution in [0.15, 0.2) is 53.7 Å². The number of fused-ring (bicyclic) bond motifs is 1. The molecule has 0 radical (unpaired) electrons. The van der Waals surface area contributed by atoms with Gasteiger partial charge in [-0.15, -0.1) is 0 Å². The van der Waals surface area contributed by atoms with Gasteiger partial charge in [-0.3, -0.25) is 4.79 Å². The number of aryl methyl sites for hydroxylation is 1. The molecule has 5 heteroatoms. The second kappa shape index (κ2) is 7.74. The molecule has 0 saturated heterocycles. The van der Waals surface area contributed by atoms with Crippen molar-refractivity contribution in [1.29, 1.82) is 0 Å². The van der Waals surface area contributed by atoms with Crippen molar-refractivity contribution in [2.75, 3.05) is 12.4 Å². The van der Waals surface area contributed by atoms with E-state index in [1.54, 1.807) is 18.7 Å². The highest BCUT2D eigenvalue weighted by Gasteiger charge is 2.18. The molecule has 25 heavy (non-hydrogen) atoms. The summed E-state index contributed by atoms with van der Waals surface area (Å²) in [5.41, 5.74) is 3.12. The van der Waals surface area contributed by atoms with Crippen molar-refractivity contribution in [1.82, 2.24) is 9.55 Å². The Labute approximate surface area is 152 Å². The zero-order valence-electron chi connectivity index (χ0n) is 14.7. The van der Waals surface area contributed by atoms with Crippen molar-refractivity contribution in [3.8, 4) is 5.75 Å². The minimum absolute atomic E-state index is 0.126. The monoisotopic (exact) mass is 354 g/mol. The van der Waals surface area contributed by atoms with E-state index in [0.717, 1.165) is 27.7 Å². The molecule has 0 aliphatic rings. The van der Waals surface area contributed by atoms with Gasteiger partial charge in [0.25, 0.3) is 0 Å². The quantitative estimate of drug-likeness (QED) is 0.457. The maximum Gasteiger partial charge on any atom is 0.169 e. The van der Waals surface area contributed by atoms with E-state index in [0.29, 0.717) is 6.61 Å². The highest BCUT2D eigenvalue weighted by atomic mass is 32.2. The number of hydrogen-bond donors (Lipinski definition) is 0. The van der Waals surface area contributed by atoms with Gasteiger partial charge in [-0.25, -0.2) is 4.98 Å². The third-order valence-electron chi connectivity index (χ3n) is 4.14. The lowest BCUT2D eigenvalue weighted by Crippen LogP contribution is -2.14. The van der Waals surface area contributed by atoms with Crippen LogP contribution < -0.4 is 4.74 Å². The Bertz CT molecular complexity index is 871. The molecular weight excluding hydrogens is 332 g/mol. The summed E-state index contributed by atoms with van der Waals surface area (Å²) in [5.74, 6) is 1.76. The van der Waals surface area contributed by atoms with Crippen molar-refractivity contribution >= 4 is 28.6 Å². The number of para-hydroxylation sites is 2. The second-order valence-corrected chi connectivity index (χ2v) is 7.11. The minimum atomic E-state index is -0.229. The lowest BCUT2D eigenvalue weighted by atomic mass is 10.2. The van der Waals surface area contributed by atoms with E-state index in [1.807, 2.05) is 60.0 Å². The van der Waals surface area contributed by atoms with E-state index < -0.39 is 0 Å². The lowest BCUT2D eigenvalue weighted by Gasteiger charge is -2.14. The van der Waals surface area contributed by atoms with Crippen molar-refractivity contribution in [3.63, 3.8) is 0 Å². The number of carbonyl (C=O) groups is 1. The van der Waals surface area contributed by atoms with E-state index in [2.05, 4.69) is 6.92 Å². The first-order chi connectivity index (χ1) is 12.1. The summed E-state index contributed by atoms with van der Waals surface area (Å²) in [6, 6.07) is 15.7. The van der Waals surface area contributed by atoms with E-state index >= 15 is 0 Å². The van der Waals surface area contributed by atoms with E-state index in [9.17, 15) is 4.79 Å². The number of ether oxygens (including phenoxy) is 1. The van der Waals surface area contributed by atoms with Crippen LogP contribution in [0.1, 0.15) is 25.5 Å².